The minimum atomic E-state index is -0.937. The maximum atomic E-state index is 13.2. The van der Waals surface area contributed by atoms with Crippen LogP contribution in [0.1, 0.15) is 44.2 Å². The van der Waals surface area contributed by atoms with Crippen LogP contribution in [0, 0.1) is 11.2 Å². The number of rotatable bonds is 6. The predicted octanol–water partition coefficient (Wildman–Crippen LogP) is 4.65. The van der Waals surface area contributed by atoms with Crippen LogP contribution < -0.4 is 0 Å². The molecule has 0 radical (unpaired) electrons. The summed E-state index contributed by atoms with van der Waals surface area (Å²) in [5, 5.41) is 12.2. The number of aliphatic hydroxyl groups is 1. The van der Waals surface area contributed by atoms with Crippen LogP contribution in [-0.4, -0.2) is 66.2 Å². The van der Waals surface area contributed by atoms with Crippen LogP contribution in [0.15, 0.2) is 48.5 Å². The molecule has 0 saturated carbocycles. The molecule has 190 valence electrons. The van der Waals surface area contributed by atoms with E-state index in [0.717, 1.165) is 24.1 Å². The van der Waals surface area contributed by atoms with Crippen molar-refractivity contribution in [1.82, 2.24) is 9.80 Å². The summed E-state index contributed by atoms with van der Waals surface area (Å²) in [5.41, 5.74) is 0.584. The highest BCUT2D eigenvalue weighted by molar-refractivity contribution is 6.30. The van der Waals surface area contributed by atoms with Crippen LogP contribution in [-0.2, 0) is 21.6 Å². The molecule has 5 nitrogen and oxygen atoms in total. The summed E-state index contributed by atoms with van der Waals surface area (Å²) in [4.78, 5) is 17.3. The monoisotopic (exact) mass is 502 g/mol. The van der Waals surface area contributed by atoms with Gasteiger partial charge in [0.05, 0.1) is 11.7 Å². The third-order valence-electron chi connectivity index (χ3n) is 7.57. The zero-order valence-corrected chi connectivity index (χ0v) is 21.4. The largest absolute Gasteiger partial charge is 0.385 e. The van der Waals surface area contributed by atoms with Crippen molar-refractivity contribution >= 4 is 17.5 Å². The van der Waals surface area contributed by atoms with E-state index in [1.54, 1.807) is 12.1 Å². The van der Waals surface area contributed by atoms with Crippen molar-refractivity contribution in [1.29, 1.82) is 0 Å². The smallest absolute Gasteiger partial charge is 0.223 e. The van der Waals surface area contributed by atoms with Crippen LogP contribution in [0.3, 0.4) is 0 Å². The van der Waals surface area contributed by atoms with E-state index >= 15 is 0 Å². The molecular formula is C28H36ClFN2O3. The topological polar surface area (TPSA) is 53.0 Å². The SMILES string of the molecule is CC1(C)CN(CCC(=O)N2CCCO[C@@H](Cc3ccc(F)cc3)C2)CC[C@]1(O)c1ccc(Cl)cc1. The molecule has 0 spiro atoms. The lowest BCUT2D eigenvalue weighted by atomic mass is 9.66. The number of carbonyl (C=O) groups excluding carboxylic acids is 1. The first-order valence-corrected chi connectivity index (χ1v) is 12.9. The number of benzene rings is 2. The van der Waals surface area contributed by atoms with E-state index < -0.39 is 5.60 Å². The highest BCUT2D eigenvalue weighted by Crippen LogP contribution is 2.46. The molecule has 35 heavy (non-hydrogen) atoms. The summed E-state index contributed by atoms with van der Waals surface area (Å²) < 4.78 is 19.2. The van der Waals surface area contributed by atoms with Crippen LogP contribution in [0.5, 0.6) is 0 Å². The number of likely N-dealkylation sites (tertiary alicyclic amines) is 1. The minimum absolute atomic E-state index is 0.0878. The van der Waals surface area contributed by atoms with E-state index in [9.17, 15) is 14.3 Å². The molecule has 2 aromatic carbocycles. The van der Waals surface area contributed by atoms with Crippen LogP contribution in [0.2, 0.25) is 5.02 Å². The summed E-state index contributed by atoms with van der Waals surface area (Å²) >= 11 is 6.04. The maximum absolute atomic E-state index is 13.2. The number of amides is 1. The lowest BCUT2D eigenvalue weighted by Gasteiger charge is -2.50. The molecular weight excluding hydrogens is 467 g/mol. The lowest BCUT2D eigenvalue weighted by molar-refractivity contribution is -0.136. The Balaban J connectivity index is 1.31. The van der Waals surface area contributed by atoms with Gasteiger partial charge in [-0.3, -0.25) is 4.79 Å². The van der Waals surface area contributed by atoms with Crippen molar-refractivity contribution < 1.29 is 19.0 Å². The fourth-order valence-electron chi connectivity index (χ4n) is 5.42. The van der Waals surface area contributed by atoms with Gasteiger partial charge in [-0.1, -0.05) is 49.7 Å². The highest BCUT2D eigenvalue weighted by atomic mass is 35.5. The zero-order chi connectivity index (χ0) is 25.1. The zero-order valence-electron chi connectivity index (χ0n) is 20.7. The molecule has 7 heteroatoms. The summed E-state index contributed by atoms with van der Waals surface area (Å²) in [5.74, 6) is -0.115. The van der Waals surface area contributed by atoms with Gasteiger partial charge in [0.15, 0.2) is 0 Å². The Hall–Kier alpha value is -1.99. The average Bonchev–Trinajstić information content (AvgIpc) is 3.07. The standard InChI is InChI=1S/C28H36ClFN2O3/c1-27(2)20-31(16-13-28(27,34)22-6-8-23(29)9-7-22)15-12-26(33)32-14-3-17-35-25(19-32)18-21-4-10-24(30)11-5-21/h4-11,25,34H,3,12-20H2,1-2H3/t25-,28-/m0/s1. The van der Waals surface area contributed by atoms with Crippen molar-refractivity contribution in [3.8, 4) is 0 Å². The number of hydrogen-bond acceptors (Lipinski definition) is 4. The van der Waals surface area contributed by atoms with Gasteiger partial charge in [0, 0.05) is 62.6 Å². The molecule has 1 amide bonds. The van der Waals surface area contributed by atoms with Crippen LogP contribution >= 0.6 is 11.6 Å². The minimum Gasteiger partial charge on any atom is -0.385 e. The summed E-state index contributed by atoms with van der Waals surface area (Å²) in [6.45, 7) is 8.14. The van der Waals surface area contributed by atoms with Crippen molar-refractivity contribution in [3.63, 3.8) is 0 Å². The second-order valence-electron chi connectivity index (χ2n) is 10.5. The number of hydrogen-bond donors (Lipinski definition) is 1. The van der Waals surface area contributed by atoms with Crippen molar-refractivity contribution in [2.75, 3.05) is 39.3 Å². The summed E-state index contributed by atoms with van der Waals surface area (Å²) in [6, 6.07) is 13.9. The second-order valence-corrected chi connectivity index (χ2v) is 11.0. The number of halogens is 2. The maximum Gasteiger partial charge on any atom is 0.223 e. The molecule has 0 aliphatic carbocycles. The van der Waals surface area contributed by atoms with Crippen molar-refractivity contribution in [3.05, 3.63) is 70.5 Å². The van der Waals surface area contributed by atoms with Gasteiger partial charge in [0.1, 0.15) is 5.82 Å². The van der Waals surface area contributed by atoms with Crippen molar-refractivity contribution in [2.45, 2.75) is 51.2 Å². The van der Waals surface area contributed by atoms with Gasteiger partial charge in [-0.15, -0.1) is 0 Å². The molecule has 0 bridgehead atoms. The van der Waals surface area contributed by atoms with Gasteiger partial charge in [0.2, 0.25) is 5.91 Å². The third-order valence-corrected chi connectivity index (χ3v) is 7.82. The quantitative estimate of drug-likeness (QED) is 0.624. The summed E-state index contributed by atoms with van der Waals surface area (Å²) in [7, 11) is 0. The Morgan fingerprint density at radius 2 is 1.86 bits per heavy atom. The molecule has 2 heterocycles. The number of nitrogens with zero attached hydrogens (tertiary/aromatic N) is 2. The number of carbonyl (C=O) groups is 1. The van der Waals surface area contributed by atoms with Crippen LogP contribution in [0.25, 0.3) is 0 Å². The van der Waals surface area contributed by atoms with E-state index in [2.05, 4.69) is 18.7 Å². The van der Waals surface area contributed by atoms with Crippen molar-refractivity contribution in [2.24, 2.45) is 5.41 Å². The van der Waals surface area contributed by atoms with E-state index in [0.29, 0.717) is 57.1 Å². The molecule has 4 rings (SSSR count). The molecule has 2 aliphatic rings. The Bertz CT molecular complexity index is 998. The Morgan fingerprint density at radius 3 is 2.54 bits per heavy atom. The Morgan fingerprint density at radius 1 is 1.14 bits per heavy atom. The van der Waals surface area contributed by atoms with E-state index in [4.69, 9.17) is 16.3 Å². The fourth-order valence-corrected chi connectivity index (χ4v) is 5.55. The van der Waals surface area contributed by atoms with Gasteiger partial charge in [-0.2, -0.15) is 0 Å². The summed E-state index contributed by atoms with van der Waals surface area (Å²) in [6.07, 6.45) is 2.44. The number of ether oxygens (including phenoxy) is 1. The molecule has 0 unspecified atom stereocenters. The van der Waals surface area contributed by atoms with Gasteiger partial charge in [0.25, 0.3) is 0 Å². The van der Waals surface area contributed by atoms with E-state index in [-0.39, 0.29) is 23.2 Å². The molecule has 1 N–H and O–H groups in total. The normalized spacial score (nSPS) is 25.3. The first-order valence-electron chi connectivity index (χ1n) is 12.5. The van der Waals surface area contributed by atoms with Gasteiger partial charge >= 0.3 is 0 Å². The molecule has 2 atom stereocenters. The van der Waals surface area contributed by atoms with Gasteiger partial charge in [-0.25, -0.2) is 4.39 Å². The second kappa shape index (κ2) is 11.0. The van der Waals surface area contributed by atoms with E-state index in [1.165, 1.54) is 12.1 Å². The molecule has 2 aliphatic heterocycles. The predicted molar refractivity (Wildman–Crippen MR) is 136 cm³/mol. The van der Waals surface area contributed by atoms with Gasteiger partial charge < -0.3 is 19.6 Å². The van der Waals surface area contributed by atoms with E-state index in [1.807, 2.05) is 29.2 Å². The Kier molecular flexibility index (Phi) is 8.16. The average molecular weight is 503 g/mol. The highest BCUT2D eigenvalue weighted by Gasteiger charge is 2.48. The first kappa shape index (κ1) is 26.1. The van der Waals surface area contributed by atoms with Crippen LogP contribution in [0.4, 0.5) is 4.39 Å². The third kappa shape index (κ3) is 6.23. The van der Waals surface area contributed by atoms with Gasteiger partial charge in [-0.05, 0) is 48.2 Å². The fraction of sp³-hybridized carbons (Fsp3) is 0.536. The Labute approximate surface area is 212 Å². The number of piperidine rings is 1. The molecule has 2 fully saturated rings. The lowest BCUT2D eigenvalue weighted by Crippen LogP contribution is -2.55. The molecule has 0 aromatic heterocycles. The molecule has 2 aromatic rings. The molecule has 2 saturated heterocycles. The first-order chi connectivity index (χ1) is 16.7.